The van der Waals surface area contributed by atoms with E-state index >= 15 is 0 Å². The van der Waals surface area contributed by atoms with Crippen molar-refractivity contribution in [3.8, 4) is 0 Å². The van der Waals surface area contributed by atoms with Crippen molar-refractivity contribution in [1.82, 2.24) is 9.80 Å². The zero-order chi connectivity index (χ0) is 20.6. The summed E-state index contributed by atoms with van der Waals surface area (Å²) in [5.41, 5.74) is 2.28. The molecule has 30 heavy (non-hydrogen) atoms. The molecule has 2 atom stereocenters. The first-order chi connectivity index (χ1) is 14.8. The summed E-state index contributed by atoms with van der Waals surface area (Å²) < 4.78 is 5.53. The van der Waals surface area contributed by atoms with E-state index in [4.69, 9.17) is 4.74 Å². The molecule has 4 nitrogen and oxygen atoms in total. The molecule has 2 aliphatic heterocycles. The number of rotatable bonds is 8. The van der Waals surface area contributed by atoms with E-state index in [-0.39, 0.29) is 11.8 Å². The Morgan fingerprint density at radius 2 is 1.17 bits per heavy atom. The van der Waals surface area contributed by atoms with Gasteiger partial charge in [-0.25, -0.2) is 0 Å². The molecule has 0 aliphatic carbocycles. The minimum atomic E-state index is -0.112. The second-order valence-corrected chi connectivity index (χ2v) is 8.60. The SMILES string of the molecule is O=C(C(CN1CCCCC1)c1ccccc1)C(CN1CCOCC1)c1ccccc1. The summed E-state index contributed by atoms with van der Waals surface area (Å²) in [5.74, 6) is 0.152. The van der Waals surface area contributed by atoms with Crippen LogP contribution in [0.5, 0.6) is 0 Å². The highest BCUT2D eigenvalue weighted by Gasteiger charge is 2.32. The van der Waals surface area contributed by atoms with Gasteiger partial charge in [-0.2, -0.15) is 0 Å². The van der Waals surface area contributed by atoms with Gasteiger partial charge in [0.15, 0.2) is 0 Å². The topological polar surface area (TPSA) is 32.8 Å². The number of hydrogen-bond acceptors (Lipinski definition) is 4. The summed E-state index contributed by atoms with van der Waals surface area (Å²) in [5, 5.41) is 0. The Hall–Kier alpha value is -2.01. The molecule has 4 heteroatoms. The molecule has 0 bridgehead atoms. The van der Waals surface area contributed by atoms with Crippen LogP contribution in [0.25, 0.3) is 0 Å². The molecule has 2 aromatic rings. The minimum Gasteiger partial charge on any atom is -0.379 e. The maximum absolute atomic E-state index is 14.1. The third-order valence-corrected chi connectivity index (χ3v) is 6.52. The van der Waals surface area contributed by atoms with Gasteiger partial charge in [-0.1, -0.05) is 67.1 Å². The fourth-order valence-corrected chi connectivity index (χ4v) is 4.77. The van der Waals surface area contributed by atoms with E-state index in [0.717, 1.165) is 63.6 Å². The molecule has 160 valence electrons. The highest BCUT2D eigenvalue weighted by molar-refractivity contribution is 5.92. The van der Waals surface area contributed by atoms with Crippen molar-refractivity contribution in [1.29, 1.82) is 0 Å². The summed E-state index contributed by atoms with van der Waals surface area (Å²) in [7, 11) is 0. The quantitative estimate of drug-likeness (QED) is 0.665. The maximum atomic E-state index is 14.1. The molecule has 0 spiro atoms. The fourth-order valence-electron chi connectivity index (χ4n) is 4.77. The summed E-state index contributed by atoms with van der Waals surface area (Å²) >= 11 is 0. The lowest BCUT2D eigenvalue weighted by Crippen LogP contribution is -2.42. The summed E-state index contributed by atoms with van der Waals surface area (Å²) in [6.07, 6.45) is 3.79. The molecule has 2 aromatic carbocycles. The highest BCUT2D eigenvalue weighted by atomic mass is 16.5. The third-order valence-electron chi connectivity index (χ3n) is 6.52. The van der Waals surface area contributed by atoms with Gasteiger partial charge < -0.3 is 9.64 Å². The van der Waals surface area contributed by atoms with Gasteiger partial charge in [0, 0.05) is 26.2 Å². The lowest BCUT2D eigenvalue weighted by atomic mass is 9.82. The van der Waals surface area contributed by atoms with Crippen LogP contribution in [-0.2, 0) is 9.53 Å². The standard InChI is InChI=1S/C26H34N2O2/c29-26(24(22-10-4-1-5-11-22)20-27-14-8-3-9-15-27)25(23-12-6-2-7-13-23)21-28-16-18-30-19-17-28/h1-2,4-7,10-13,24-25H,3,8-9,14-21H2. The van der Waals surface area contributed by atoms with Gasteiger partial charge in [-0.3, -0.25) is 9.69 Å². The normalized spacial score (nSPS) is 20.5. The van der Waals surface area contributed by atoms with Crippen LogP contribution in [0.15, 0.2) is 60.7 Å². The number of likely N-dealkylation sites (tertiary alicyclic amines) is 1. The average Bonchev–Trinajstić information content (AvgIpc) is 2.83. The van der Waals surface area contributed by atoms with Crippen molar-refractivity contribution in [3.63, 3.8) is 0 Å². The number of piperidine rings is 1. The van der Waals surface area contributed by atoms with Crippen LogP contribution in [0.2, 0.25) is 0 Å². The number of morpholine rings is 1. The number of ketones is 1. The highest BCUT2D eigenvalue weighted by Crippen LogP contribution is 2.29. The zero-order valence-electron chi connectivity index (χ0n) is 17.9. The van der Waals surface area contributed by atoms with E-state index in [1.165, 1.54) is 19.3 Å². The van der Waals surface area contributed by atoms with Gasteiger partial charge in [0.1, 0.15) is 5.78 Å². The summed E-state index contributed by atoms with van der Waals surface area (Å²) in [4.78, 5) is 19.0. The Morgan fingerprint density at radius 1 is 0.700 bits per heavy atom. The van der Waals surface area contributed by atoms with E-state index < -0.39 is 0 Å². The Kier molecular flexibility index (Phi) is 7.68. The van der Waals surface area contributed by atoms with E-state index in [0.29, 0.717) is 5.78 Å². The molecule has 2 heterocycles. The third kappa shape index (κ3) is 5.57. The Labute approximate surface area is 180 Å². The monoisotopic (exact) mass is 406 g/mol. The molecule has 2 unspecified atom stereocenters. The predicted octanol–water partition coefficient (Wildman–Crippen LogP) is 3.94. The first kappa shape index (κ1) is 21.2. The number of Topliss-reactive ketones (excluding diaryl/α,β-unsaturated/α-hetero) is 1. The predicted molar refractivity (Wildman–Crippen MR) is 121 cm³/mol. The molecule has 0 amide bonds. The Balaban J connectivity index is 1.60. The second-order valence-electron chi connectivity index (χ2n) is 8.60. The molecule has 2 saturated heterocycles. The van der Waals surface area contributed by atoms with Crippen LogP contribution < -0.4 is 0 Å². The van der Waals surface area contributed by atoms with Crippen LogP contribution in [-0.4, -0.2) is 68.1 Å². The van der Waals surface area contributed by atoms with Crippen molar-refractivity contribution in [2.75, 3.05) is 52.5 Å². The number of carbonyl (C=O) groups excluding carboxylic acids is 1. The molecule has 0 saturated carbocycles. The minimum absolute atomic E-state index is 0.0875. The maximum Gasteiger partial charge on any atom is 0.150 e. The first-order valence-electron chi connectivity index (χ1n) is 11.5. The molecule has 2 aliphatic rings. The number of ether oxygens (including phenoxy) is 1. The van der Waals surface area contributed by atoms with Gasteiger partial charge in [-0.15, -0.1) is 0 Å². The van der Waals surface area contributed by atoms with Crippen molar-refractivity contribution in [2.24, 2.45) is 0 Å². The zero-order valence-corrected chi connectivity index (χ0v) is 17.9. The molecule has 0 radical (unpaired) electrons. The molecular weight excluding hydrogens is 372 g/mol. The molecule has 2 fully saturated rings. The van der Waals surface area contributed by atoms with Gasteiger partial charge in [0.25, 0.3) is 0 Å². The van der Waals surface area contributed by atoms with Crippen molar-refractivity contribution < 1.29 is 9.53 Å². The first-order valence-corrected chi connectivity index (χ1v) is 11.5. The van der Waals surface area contributed by atoms with E-state index in [1.807, 2.05) is 12.1 Å². The number of nitrogens with zero attached hydrogens (tertiary/aromatic N) is 2. The molecule has 0 N–H and O–H groups in total. The van der Waals surface area contributed by atoms with Crippen molar-refractivity contribution in [2.45, 2.75) is 31.1 Å². The Bertz CT molecular complexity index is 703. The van der Waals surface area contributed by atoms with Crippen LogP contribution in [0, 0.1) is 0 Å². The number of hydrogen-bond donors (Lipinski definition) is 0. The lowest BCUT2D eigenvalue weighted by molar-refractivity contribution is -0.123. The van der Waals surface area contributed by atoms with Crippen LogP contribution >= 0.6 is 0 Å². The molecular formula is C26H34N2O2. The van der Waals surface area contributed by atoms with Crippen LogP contribution in [0.4, 0.5) is 0 Å². The average molecular weight is 407 g/mol. The van der Waals surface area contributed by atoms with Gasteiger partial charge in [0.2, 0.25) is 0 Å². The van der Waals surface area contributed by atoms with E-state index in [1.54, 1.807) is 0 Å². The van der Waals surface area contributed by atoms with Crippen molar-refractivity contribution >= 4 is 5.78 Å². The second kappa shape index (κ2) is 10.9. The molecule has 0 aromatic heterocycles. The Morgan fingerprint density at radius 3 is 1.67 bits per heavy atom. The smallest absolute Gasteiger partial charge is 0.150 e. The van der Waals surface area contributed by atoms with Gasteiger partial charge in [0.05, 0.1) is 25.0 Å². The van der Waals surface area contributed by atoms with Crippen LogP contribution in [0.3, 0.4) is 0 Å². The fraction of sp³-hybridized carbons (Fsp3) is 0.500. The van der Waals surface area contributed by atoms with Gasteiger partial charge >= 0.3 is 0 Å². The van der Waals surface area contributed by atoms with Gasteiger partial charge in [-0.05, 0) is 37.1 Å². The number of carbonyl (C=O) groups is 1. The van der Waals surface area contributed by atoms with Crippen LogP contribution in [0.1, 0.15) is 42.2 Å². The van der Waals surface area contributed by atoms with Crippen molar-refractivity contribution in [3.05, 3.63) is 71.8 Å². The molecule has 4 rings (SSSR count). The lowest BCUT2D eigenvalue weighted by Gasteiger charge is -2.34. The number of benzene rings is 2. The van der Waals surface area contributed by atoms with E-state index in [2.05, 4.69) is 58.3 Å². The van der Waals surface area contributed by atoms with E-state index in [9.17, 15) is 4.79 Å². The largest absolute Gasteiger partial charge is 0.379 e. The summed E-state index contributed by atoms with van der Waals surface area (Å²) in [6, 6.07) is 20.8. The summed E-state index contributed by atoms with van der Waals surface area (Å²) in [6.45, 7) is 7.13.